The number of carbonyl (C=O) groups excluding carboxylic acids is 2. The standard InChI is InChI=1S/C16H22F3N3O2/c1-9(2)20-15(24)22-14(23)11(4)21-10(3)12-7-5-6-8-13(12)16(17,18)19/h5-11,21H,1-4H3,(H2,20,22,23,24). The summed E-state index contributed by atoms with van der Waals surface area (Å²) < 4.78 is 39.1. The fraction of sp³-hybridized carbons (Fsp3) is 0.500. The molecule has 0 aromatic heterocycles. The first-order chi connectivity index (χ1) is 11.0. The molecule has 5 nitrogen and oxygen atoms in total. The molecule has 24 heavy (non-hydrogen) atoms. The molecule has 0 heterocycles. The first kappa shape index (κ1) is 20.0. The van der Waals surface area contributed by atoms with E-state index in [0.717, 1.165) is 6.07 Å². The summed E-state index contributed by atoms with van der Waals surface area (Å²) in [6.07, 6.45) is -4.48. The normalized spacial score (nSPS) is 14.2. The second kappa shape index (κ2) is 8.14. The van der Waals surface area contributed by atoms with Gasteiger partial charge in [0, 0.05) is 12.1 Å². The highest BCUT2D eigenvalue weighted by Crippen LogP contribution is 2.34. The van der Waals surface area contributed by atoms with Crippen molar-refractivity contribution >= 4 is 11.9 Å². The maximum atomic E-state index is 13.0. The highest BCUT2D eigenvalue weighted by Gasteiger charge is 2.34. The van der Waals surface area contributed by atoms with Crippen molar-refractivity contribution in [3.63, 3.8) is 0 Å². The Kier molecular flexibility index (Phi) is 6.77. The van der Waals surface area contributed by atoms with Crippen molar-refractivity contribution in [2.24, 2.45) is 0 Å². The monoisotopic (exact) mass is 345 g/mol. The largest absolute Gasteiger partial charge is 0.416 e. The van der Waals surface area contributed by atoms with E-state index < -0.39 is 35.8 Å². The second-order valence-electron chi connectivity index (χ2n) is 5.81. The van der Waals surface area contributed by atoms with Gasteiger partial charge in [-0.05, 0) is 39.3 Å². The van der Waals surface area contributed by atoms with Crippen molar-refractivity contribution in [2.45, 2.75) is 52.0 Å². The van der Waals surface area contributed by atoms with E-state index in [1.807, 2.05) is 0 Å². The molecule has 0 saturated carbocycles. The van der Waals surface area contributed by atoms with Gasteiger partial charge in [0.25, 0.3) is 0 Å². The van der Waals surface area contributed by atoms with E-state index >= 15 is 0 Å². The molecule has 0 radical (unpaired) electrons. The number of nitrogens with one attached hydrogen (secondary N) is 3. The van der Waals surface area contributed by atoms with Crippen molar-refractivity contribution in [3.05, 3.63) is 35.4 Å². The van der Waals surface area contributed by atoms with Crippen LogP contribution in [0.3, 0.4) is 0 Å². The quantitative estimate of drug-likeness (QED) is 0.768. The minimum atomic E-state index is -4.48. The number of hydrogen-bond donors (Lipinski definition) is 3. The van der Waals surface area contributed by atoms with Crippen LogP contribution < -0.4 is 16.0 Å². The molecule has 0 fully saturated rings. The molecule has 1 aromatic rings. The van der Waals surface area contributed by atoms with Gasteiger partial charge < -0.3 is 5.32 Å². The van der Waals surface area contributed by atoms with E-state index in [9.17, 15) is 22.8 Å². The summed E-state index contributed by atoms with van der Waals surface area (Å²) in [7, 11) is 0. The van der Waals surface area contributed by atoms with Crippen molar-refractivity contribution < 1.29 is 22.8 Å². The number of alkyl halides is 3. The van der Waals surface area contributed by atoms with Crippen LogP contribution in [0.2, 0.25) is 0 Å². The summed E-state index contributed by atoms with van der Waals surface area (Å²) in [4.78, 5) is 23.4. The van der Waals surface area contributed by atoms with Gasteiger partial charge in [-0.3, -0.25) is 15.4 Å². The number of imide groups is 1. The van der Waals surface area contributed by atoms with Crippen molar-refractivity contribution in [1.82, 2.24) is 16.0 Å². The average molecular weight is 345 g/mol. The Hall–Kier alpha value is -2.09. The Labute approximate surface area is 139 Å². The molecular formula is C16H22F3N3O2. The molecule has 0 saturated heterocycles. The molecule has 0 aliphatic heterocycles. The first-order valence-corrected chi connectivity index (χ1v) is 7.56. The zero-order valence-corrected chi connectivity index (χ0v) is 14.0. The summed E-state index contributed by atoms with van der Waals surface area (Å²) in [6.45, 7) is 6.48. The SMILES string of the molecule is CC(C)NC(=O)NC(=O)C(C)NC(C)c1ccccc1C(F)(F)F. The van der Waals surface area contributed by atoms with Crippen molar-refractivity contribution in [1.29, 1.82) is 0 Å². The van der Waals surface area contributed by atoms with Crippen LogP contribution in [0.4, 0.5) is 18.0 Å². The Balaban J connectivity index is 2.76. The van der Waals surface area contributed by atoms with E-state index in [1.165, 1.54) is 32.0 Å². The Morgan fingerprint density at radius 2 is 1.62 bits per heavy atom. The third-order valence-electron chi connectivity index (χ3n) is 3.28. The number of urea groups is 1. The molecule has 1 aromatic carbocycles. The van der Waals surface area contributed by atoms with Gasteiger partial charge in [-0.25, -0.2) is 4.79 Å². The maximum absolute atomic E-state index is 13.0. The average Bonchev–Trinajstić information content (AvgIpc) is 2.45. The van der Waals surface area contributed by atoms with Crippen LogP contribution in [-0.4, -0.2) is 24.0 Å². The third-order valence-corrected chi connectivity index (χ3v) is 3.28. The van der Waals surface area contributed by atoms with Gasteiger partial charge in [-0.15, -0.1) is 0 Å². The molecule has 0 aliphatic carbocycles. The fourth-order valence-corrected chi connectivity index (χ4v) is 2.19. The van der Waals surface area contributed by atoms with Crippen LogP contribution in [0.25, 0.3) is 0 Å². The molecular weight excluding hydrogens is 323 g/mol. The van der Waals surface area contributed by atoms with Gasteiger partial charge in [0.1, 0.15) is 0 Å². The van der Waals surface area contributed by atoms with Crippen molar-refractivity contribution in [3.8, 4) is 0 Å². The summed E-state index contributed by atoms with van der Waals surface area (Å²) in [5.41, 5.74) is -0.716. The number of benzene rings is 1. The van der Waals surface area contributed by atoms with Gasteiger partial charge >= 0.3 is 12.2 Å². The van der Waals surface area contributed by atoms with Gasteiger partial charge in [0.15, 0.2) is 0 Å². The summed E-state index contributed by atoms with van der Waals surface area (Å²) in [5, 5.41) is 7.41. The molecule has 1 rings (SSSR count). The number of amides is 3. The lowest BCUT2D eigenvalue weighted by atomic mass is 10.0. The minimum Gasteiger partial charge on any atom is -0.336 e. The Morgan fingerprint density at radius 3 is 2.17 bits per heavy atom. The van der Waals surface area contributed by atoms with Crippen LogP contribution in [0.5, 0.6) is 0 Å². The van der Waals surface area contributed by atoms with Crippen LogP contribution >= 0.6 is 0 Å². The van der Waals surface area contributed by atoms with E-state index in [4.69, 9.17) is 0 Å². The van der Waals surface area contributed by atoms with E-state index in [-0.39, 0.29) is 11.6 Å². The van der Waals surface area contributed by atoms with Crippen LogP contribution in [0, 0.1) is 0 Å². The molecule has 3 amide bonds. The predicted molar refractivity (Wildman–Crippen MR) is 84.3 cm³/mol. The smallest absolute Gasteiger partial charge is 0.336 e. The molecule has 3 N–H and O–H groups in total. The van der Waals surface area contributed by atoms with Crippen molar-refractivity contribution in [2.75, 3.05) is 0 Å². The van der Waals surface area contributed by atoms with Gasteiger partial charge in [0.2, 0.25) is 5.91 Å². The predicted octanol–water partition coefficient (Wildman–Crippen LogP) is 2.98. The molecule has 0 bridgehead atoms. The number of rotatable bonds is 5. The zero-order chi connectivity index (χ0) is 18.5. The third kappa shape index (κ3) is 5.84. The Morgan fingerprint density at radius 1 is 1.04 bits per heavy atom. The van der Waals surface area contributed by atoms with Crippen LogP contribution in [-0.2, 0) is 11.0 Å². The molecule has 0 spiro atoms. The molecule has 134 valence electrons. The number of halogens is 3. The van der Waals surface area contributed by atoms with Crippen LogP contribution in [0.15, 0.2) is 24.3 Å². The van der Waals surface area contributed by atoms with Crippen LogP contribution in [0.1, 0.15) is 44.9 Å². The number of carbonyl (C=O) groups is 2. The Bertz CT molecular complexity index is 588. The molecule has 0 aliphatic rings. The topological polar surface area (TPSA) is 70.2 Å². The highest BCUT2D eigenvalue weighted by atomic mass is 19.4. The molecule has 2 unspecified atom stereocenters. The van der Waals surface area contributed by atoms with E-state index in [2.05, 4.69) is 16.0 Å². The van der Waals surface area contributed by atoms with Gasteiger partial charge in [-0.1, -0.05) is 18.2 Å². The lowest BCUT2D eigenvalue weighted by Crippen LogP contribution is -2.49. The minimum absolute atomic E-state index is 0.0382. The fourth-order valence-electron chi connectivity index (χ4n) is 2.19. The lowest BCUT2D eigenvalue weighted by Gasteiger charge is -2.23. The summed E-state index contributed by atoms with van der Waals surface area (Å²) in [6, 6.07) is 2.81. The molecule has 2 atom stereocenters. The zero-order valence-electron chi connectivity index (χ0n) is 14.0. The van der Waals surface area contributed by atoms with Gasteiger partial charge in [0.05, 0.1) is 11.6 Å². The molecule has 8 heteroatoms. The first-order valence-electron chi connectivity index (χ1n) is 7.56. The van der Waals surface area contributed by atoms with E-state index in [0.29, 0.717) is 0 Å². The second-order valence-corrected chi connectivity index (χ2v) is 5.81. The maximum Gasteiger partial charge on any atom is 0.416 e. The van der Waals surface area contributed by atoms with Gasteiger partial charge in [-0.2, -0.15) is 13.2 Å². The number of hydrogen-bond acceptors (Lipinski definition) is 3. The van der Waals surface area contributed by atoms with E-state index in [1.54, 1.807) is 13.8 Å². The lowest BCUT2D eigenvalue weighted by molar-refractivity contribution is -0.138. The highest BCUT2D eigenvalue weighted by molar-refractivity contribution is 5.96. The summed E-state index contributed by atoms with van der Waals surface area (Å²) >= 11 is 0. The summed E-state index contributed by atoms with van der Waals surface area (Å²) in [5.74, 6) is -0.621.